The van der Waals surface area contributed by atoms with E-state index in [-0.39, 0.29) is 24.8 Å². The van der Waals surface area contributed by atoms with Gasteiger partial charge in [-0.1, -0.05) is 48.5 Å². The number of aromatic nitrogens is 2. The van der Waals surface area contributed by atoms with Gasteiger partial charge in [-0.3, -0.25) is 10.00 Å². The van der Waals surface area contributed by atoms with Crippen molar-refractivity contribution in [2.75, 3.05) is 39.4 Å². The molecule has 1 aliphatic heterocycles. The van der Waals surface area contributed by atoms with E-state index in [0.717, 1.165) is 58.1 Å². The zero-order valence-electron chi connectivity index (χ0n) is 16.9. The van der Waals surface area contributed by atoms with Crippen LogP contribution < -0.4 is 5.32 Å². The van der Waals surface area contributed by atoms with Gasteiger partial charge in [0.1, 0.15) is 0 Å². The van der Waals surface area contributed by atoms with E-state index in [9.17, 15) is 0 Å². The van der Waals surface area contributed by atoms with Gasteiger partial charge in [0.05, 0.1) is 24.6 Å². The number of nitrogens with zero attached hydrogens (tertiary/aromatic N) is 2. The lowest BCUT2D eigenvalue weighted by atomic mass is 10.0. The Balaban J connectivity index is 0.00000128. The topological polar surface area (TPSA) is 53.2 Å². The molecule has 0 saturated carbocycles. The second-order valence-corrected chi connectivity index (χ2v) is 7.59. The Morgan fingerprint density at radius 1 is 1.00 bits per heavy atom. The van der Waals surface area contributed by atoms with Crippen LogP contribution >= 0.6 is 24.8 Å². The van der Waals surface area contributed by atoms with Crippen LogP contribution in [0.3, 0.4) is 0 Å². The second-order valence-electron chi connectivity index (χ2n) is 7.59. The van der Waals surface area contributed by atoms with Crippen molar-refractivity contribution in [3.63, 3.8) is 0 Å². The normalized spacial score (nSPS) is 15.1. The van der Waals surface area contributed by atoms with Gasteiger partial charge in [-0.15, -0.1) is 24.8 Å². The summed E-state index contributed by atoms with van der Waals surface area (Å²) in [5.74, 6) is 0. The smallest absolute Gasteiger partial charge is 0.0962 e. The molecule has 0 radical (unpaired) electrons. The zero-order valence-corrected chi connectivity index (χ0v) is 18.5. The summed E-state index contributed by atoms with van der Waals surface area (Å²) in [6.07, 6.45) is 0.961. The van der Waals surface area contributed by atoms with Gasteiger partial charge in [0, 0.05) is 55.8 Å². The number of halogens is 2. The molecule has 0 spiro atoms. The molecule has 0 bridgehead atoms. The second kappa shape index (κ2) is 10.4. The number of ether oxygens (including phenoxy) is 1. The fourth-order valence-corrected chi connectivity index (χ4v) is 4.18. The molecule has 2 aliphatic rings. The van der Waals surface area contributed by atoms with Crippen molar-refractivity contribution in [3.8, 4) is 22.5 Å². The van der Waals surface area contributed by atoms with Crippen LogP contribution in [0.1, 0.15) is 16.7 Å². The summed E-state index contributed by atoms with van der Waals surface area (Å²) >= 11 is 0. The fourth-order valence-electron chi connectivity index (χ4n) is 4.18. The van der Waals surface area contributed by atoms with Crippen LogP contribution in [-0.4, -0.2) is 54.5 Å². The van der Waals surface area contributed by atoms with E-state index in [1.807, 2.05) is 0 Å². The summed E-state index contributed by atoms with van der Waals surface area (Å²) in [4.78, 5) is 2.45. The zero-order chi connectivity index (χ0) is 18.8. The Morgan fingerprint density at radius 2 is 1.77 bits per heavy atom. The third-order valence-corrected chi connectivity index (χ3v) is 5.79. The molecular weight excluding hydrogens is 419 g/mol. The molecule has 5 nitrogen and oxygen atoms in total. The molecule has 2 N–H and O–H groups in total. The Hall–Kier alpha value is -1.89. The van der Waals surface area contributed by atoms with Crippen molar-refractivity contribution in [1.82, 2.24) is 20.4 Å². The van der Waals surface area contributed by atoms with Gasteiger partial charge >= 0.3 is 0 Å². The highest BCUT2D eigenvalue weighted by atomic mass is 35.5. The van der Waals surface area contributed by atoms with E-state index in [4.69, 9.17) is 4.74 Å². The summed E-state index contributed by atoms with van der Waals surface area (Å²) in [7, 11) is 0. The number of hydrogen-bond donors (Lipinski definition) is 2. The van der Waals surface area contributed by atoms with Gasteiger partial charge in [-0.2, -0.15) is 5.10 Å². The van der Waals surface area contributed by atoms with Gasteiger partial charge in [0.15, 0.2) is 0 Å². The average Bonchev–Trinajstić information content (AvgIpc) is 3.32. The molecule has 0 unspecified atom stereocenters. The molecule has 30 heavy (non-hydrogen) atoms. The first-order valence-electron chi connectivity index (χ1n) is 10.1. The van der Waals surface area contributed by atoms with Gasteiger partial charge in [-0.05, 0) is 11.1 Å². The summed E-state index contributed by atoms with van der Waals surface area (Å²) in [5, 5.41) is 11.4. The number of rotatable bonds is 6. The number of hydrogen-bond acceptors (Lipinski definition) is 4. The highest BCUT2D eigenvalue weighted by Gasteiger charge is 2.24. The van der Waals surface area contributed by atoms with E-state index < -0.39 is 0 Å². The summed E-state index contributed by atoms with van der Waals surface area (Å²) in [6, 6.07) is 17.4. The minimum absolute atomic E-state index is 0. The molecule has 2 heterocycles. The number of H-pyrrole nitrogens is 1. The maximum Gasteiger partial charge on any atom is 0.0962 e. The SMILES string of the molecule is Cl.Cl.c1ccc2c(c1)Cc1c(-c3ccc(CNCCN4CCOCC4)cc3)n[nH]c1-2. The predicted molar refractivity (Wildman–Crippen MR) is 126 cm³/mol. The van der Waals surface area contributed by atoms with Crippen LogP contribution in [0, 0.1) is 0 Å². The number of morpholine rings is 1. The lowest BCUT2D eigenvalue weighted by Crippen LogP contribution is -2.40. The third kappa shape index (κ3) is 4.71. The van der Waals surface area contributed by atoms with E-state index >= 15 is 0 Å². The molecular formula is C23H28Cl2N4O. The molecule has 1 aliphatic carbocycles. The summed E-state index contributed by atoms with van der Waals surface area (Å²) < 4.78 is 5.39. The highest BCUT2D eigenvalue weighted by molar-refractivity contribution is 5.85. The molecule has 5 rings (SSSR count). The number of benzene rings is 2. The fraction of sp³-hybridized carbons (Fsp3) is 0.348. The van der Waals surface area contributed by atoms with Gasteiger partial charge in [0.25, 0.3) is 0 Å². The third-order valence-electron chi connectivity index (χ3n) is 5.79. The minimum Gasteiger partial charge on any atom is -0.379 e. The Bertz CT molecular complexity index is 952. The maximum absolute atomic E-state index is 5.39. The summed E-state index contributed by atoms with van der Waals surface area (Å²) in [6.45, 7) is 6.82. The van der Waals surface area contributed by atoms with Crippen molar-refractivity contribution < 1.29 is 4.74 Å². The molecule has 7 heteroatoms. The van der Waals surface area contributed by atoms with Crippen molar-refractivity contribution in [2.24, 2.45) is 0 Å². The lowest BCUT2D eigenvalue weighted by Gasteiger charge is -2.26. The first kappa shape index (κ1) is 22.8. The van der Waals surface area contributed by atoms with Crippen LogP contribution in [0.4, 0.5) is 0 Å². The molecule has 0 amide bonds. The van der Waals surface area contributed by atoms with Crippen LogP contribution in [-0.2, 0) is 17.7 Å². The molecule has 1 aromatic heterocycles. The molecule has 0 atom stereocenters. The van der Waals surface area contributed by atoms with Gasteiger partial charge < -0.3 is 10.1 Å². The lowest BCUT2D eigenvalue weighted by molar-refractivity contribution is 0.0384. The number of fused-ring (bicyclic) bond motifs is 3. The van der Waals surface area contributed by atoms with Gasteiger partial charge in [0.2, 0.25) is 0 Å². The monoisotopic (exact) mass is 446 g/mol. The van der Waals surface area contributed by atoms with E-state index in [2.05, 4.69) is 68.9 Å². The quantitative estimate of drug-likeness (QED) is 0.440. The maximum atomic E-state index is 5.39. The highest BCUT2D eigenvalue weighted by Crippen LogP contribution is 2.39. The minimum atomic E-state index is 0. The Morgan fingerprint density at radius 3 is 2.57 bits per heavy atom. The Kier molecular flexibility index (Phi) is 7.92. The molecule has 160 valence electrons. The van der Waals surface area contributed by atoms with Crippen LogP contribution in [0.25, 0.3) is 22.5 Å². The van der Waals surface area contributed by atoms with E-state index in [1.165, 1.54) is 33.5 Å². The van der Waals surface area contributed by atoms with E-state index in [0.29, 0.717) is 0 Å². The van der Waals surface area contributed by atoms with Crippen molar-refractivity contribution in [1.29, 1.82) is 0 Å². The van der Waals surface area contributed by atoms with Gasteiger partial charge in [-0.25, -0.2) is 0 Å². The first-order valence-corrected chi connectivity index (χ1v) is 10.1. The summed E-state index contributed by atoms with van der Waals surface area (Å²) in [5.41, 5.74) is 8.74. The molecule has 3 aromatic rings. The number of aromatic amines is 1. The van der Waals surface area contributed by atoms with Crippen molar-refractivity contribution >= 4 is 24.8 Å². The molecule has 1 fully saturated rings. The van der Waals surface area contributed by atoms with Crippen molar-refractivity contribution in [3.05, 3.63) is 65.2 Å². The average molecular weight is 447 g/mol. The largest absolute Gasteiger partial charge is 0.379 e. The number of nitrogens with one attached hydrogen (secondary N) is 2. The predicted octanol–water partition coefficient (Wildman–Crippen LogP) is 3.91. The van der Waals surface area contributed by atoms with Crippen molar-refractivity contribution in [2.45, 2.75) is 13.0 Å². The first-order chi connectivity index (χ1) is 13.9. The van der Waals surface area contributed by atoms with Crippen LogP contribution in [0.2, 0.25) is 0 Å². The van der Waals surface area contributed by atoms with Crippen LogP contribution in [0.15, 0.2) is 48.5 Å². The standard InChI is InChI=1S/C23H26N4O.2ClH/c1-2-4-20-19(3-1)15-21-22(25-26-23(20)21)18-7-5-17(6-8-18)16-24-9-10-27-11-13-28-14-12-27;;/h1-8,24H,9-16H2,(H,25,26);2*1H. The molecule has 1 saturated heterocycles. The Labute approximate surface area is 190 Å². The van der Waals surface area contributed by atoms with E-state index in [1.54, 1.807) is 0 Å². The molecule has 2 aromatic carbocycles. The van der Waals surface area contributed by atoms with Crippen LogP contribution in [0.5, 0.6) is 0 Å².